The van der Waals surface area contributed by atoms with E-state index < -0.39 is 0 Å². The van der Waals surface area contributed by atoms with E-state index in [0.29, 0.717) is 23.5 Å². The van der Waals surface area contributed by atoms with E-state index in [1.807, 2.05) is 33.6 Å². The van der Waals surface area contributed by atoms with Crippen LogP contribution < -0.4 is 5.32 Å². The molecule has 8 heteroatoms. The fourth-order valence-electron chi connectivity index (χ4n) is 4.63. The molecule has 176 valence electrons. The SMILES string of the molecule is CC#CC(=O)N1CCCC1c1cc(-c2ccc(C(=O)Nc3cc(C#N)ccn3)cc2)n2cnccc12. The van der Waals surface area contributed by atoms with Crippen molar-refractivity contribution in [2.24, 2.45) is 0 Å². The first-order valence-electron chi connectivity index (χ1n) is 11.6. The lowest BCUT2D eigenvalue weighted by Crippen LogP contribution is -2.29. The van der Waals surface area contributed by atoms with Crippen LogP contribution in [0.3, 0.4) is 0 Å². The maximum Gasteiger partial charge on any atom is 0.298 e. The van der Waals surface area contributed by atoms with Gasteiger partial charge in [-0.2, -0.15) is 5.26 Å². The standard InChI is InChI=1S/C28H22N6O2/c1-2-4-27(35)33-14-3-5-23(33)22-16-25(34-18-30-12-11-24(22)34)20-6-8-21(9-7-20)28(36)32-26-15-19(17-29)10-13-31-26/h6-13,15-16,18,23H,3,5,14H2,1H3,(H,31,32,36). The third kappa shape index (κ3) is 4.28. The van der Waals surface area contributed by atoms with Crippen molar-refractivity contribution >= 4 is 23.1 Å². The first kappa shape index (κ1) is 22.8. The topological polar surface area (TPSA) is 103 Å². The molecule has 2 amide bonds. The Labute approximate surface area is 208 Å². The molecule has 0 bridgehead atoms. The van der Waals surface area contributed by atoms with Crippen molar-refractivity contribution in [3.8, 4) is 29.2 Å². The lowest BCUT2D eigenvalue weighted by molar-refractivity contribution is -0.125. The molecule has 0 spiro atoms. The second-order valence-electron chi connectivity index (χ2n) is 8.43. The van der Waals surface area contributed by atoms with Gasteiger partial charge in [-0.15, -0.1) is 0 Å². The molecular formula is C28H22N6O2. The summed E-state index contributed by atoms with van der Waals surface area (Å²) in [5, 5.41) is 11.8. The van der Waals surface area contributed by atoms with Gasteiger partial charge in [-0.05, 0) is 67.6 Å². The molecule has 36 heavy (non-hydrogen) atoms. The van der Waals surface area contributed by atoms with Crippen molar-refractivity contribution in [2.45, 2.75) is 25.8 Å². The number of nitrogens with one attached hydrogen (secondary N) is 1. The number of nitrogens with zero attached hydrogens (tertiary/aromatic N) is 5. The number of fused-ring (bicyclic) bond motifs is 1. The minimum atomic E-state index is -0.316. The number of carbonyl (C=O) groups excluding carboxylic acids is 2. The summed E-state index contributed by atoms with van der Waals surface area (Å²) in [6, 6.07) is 16.4. The van der Waals surface area contributed by atoms with Gasteiger partial charge in [0.25, 0.3) is 11.8 Å². The minimum absolute atomic E-state index is 0.0498. The molecular weight excluding hydrogens is 452 g/mol. The summed E-state index contributed by atoms with van der Waals surface area (Å²) in [5.74, 6) is 5.24. The number of amides is 2. The maximum absolute atomic E-state index is 12.7. The summed E-state index contributed by atoms with van der Waals surface area (Å²) >= 11 is 0. The van der Waals surface area contributed by atoms with Gasteiger partial charge < -0.3 is 14.6 Å². The van der Waals surface area contributed by atoms with E-state index in [9.17, 15) is 9.59 Å². The Balaban J connectivity index is 1.45. The third-order valence-electron chi connectivity index (χ3n) is 6.29. The average molecular weight is 475 g/mol. The molecule has 1 saturated heterocycles. The van der Waals surface area contributed by atoms with Crippen LogP contribution in [0.15, 0.2) is 67.3 Å². The fraction of sp³-hybridized carbons (Fsp3) is 0.179. The zero-order chi connectivity index (χ0) is 25.1. The highest BCUT2D eigenvalue weighted by Gasteiger charge is 2.31. The van der Waals surface area contributed by atoms with Crippen molar-refractivity contribution in [3.63, 3.8) is 0 Å². The molecule has 1 fully saturated rings. The summed E-state index contributed by atoms with van der Waals surface area (Å²) in [4.78, 5) is 35.5. The van der Waals surface area contributed by atoms with E-state index in [4.69, 9.17) is 5.26 Å². The fourth-order valence-corrected chi connectivity index (χ4v) is 4.63. The Morgan fingerprint density at radius 2 is 1.94 bits per heavy atom. The van der Waals surface area contributed by atoms with Gasteiger partial charge in [-0.25, -0.2) is 9.97 Å². The monoisotopic (exact) mass is 474 g/mol. The van der Waals surface area contributed by atoms with Gasteiger partial charge >= 0.3 is 0 Å². The molecule has 1 aliphatic heterocycles. The van der Waals surface area contributed by atoms with E-state index in [2.05, 4.69) is 33.2 Å². The highest BCUT2D eigenvalue weighted by atomic mass is 16.2. The van der Waals surface area contributed by atoms with E-state index in [0.717, 1.165) is 35.2 Å². The van der Waals surface area contributed by atoms with Gasteiger partial charge in [0.2, 0.25) is 0 Å². The van der Waals surface area contributed by atoms with E-state index in [1.165, 1.54) is 12.3 Å². The molecule has 1 unspecified atom stereocenters. The number of pyridine rings is 1. The van der Waals surface area contributed by atoms with Crippen molar-refractivity contribution < 1.29 is 9.59 Å². The van der Waals surface area contributed by atoms with Crippen LogP contribution in [0.5, 0.6) is 0 Å². The first-order chi connectivity index (χ1) is 17.6. The first-order valence-corrected chi connectivity index (χ1v) is 11.6. The second-order valence-corrected chi connectivity index (χ2v) is 8.43. The van der Waals surface area contributed by atoms with E-state index in [1.54, 1.807) is 37.6 Å². The highest BCUT2D eigenvalue weighted by Crippen LogP contribution is 2.38. The number of hydrogen-bond donors (Lipinski definition) is 1. The largest absolute Gasteiger partial charge is 0.325 e. The number of benzene rings is 1. The van der Waals surface area contributed by atoms with Gasteiger partial charge in [-0.3, -0.25) is 9.59 Å². The lowest BCUT2D eigenvalue weighted by atomic mass is 10.0. The van der Waals surface area contributed by atoms with Crippen LogP contribution in [-0.4, -0.2) is 37.6 Å². The predicted molar refractivity (Wildman–Crippen MR) is 135 cm³/mol. The van der Waals surface area contributed by atoms with Crippen LogP contribution in [0.1, 0.15) is 47.3 Å². The van der Waals surface area contributed by atoms with Crippen molar-refractivity contribution in [1.82, 2.24) is 19.3 Å². The number of hydrogen-bond acceptors (Lipinski definition) is 5. The van der Waals surface area contributed by atoms with Gasteiger partial charge in [0.05, 0.1) is 35.2 Å². The molecule has 5 rings (SSSR count). The Morgan fingerprint density at radius 3 is 2.72 bits per heavy atom. The summed E-state index contributed by atoms with van der Waals surface area (Å²) < 4.78 is 2.01. The summed E-state index contributed by atoms with van der Waals surface area (Å²) in [6.45, 7) is 2.36. The van der Waals surface area contributed by atoms with Crippen LogP contribution >= 0.6 is 0 Å². The quantitative estimate of drug-likeness (QED) is 0.447. The molecule has 1 N–H and O–H groups in total. The highest BCUT2D eigenvalue weighted by molar-refractivity contribution is 6.04. The molecule has 0 saturated carbocycles. The molecule has 3 aromatic heterocycles. The molecule has 4 aromatic rings. The minimum Gasteiger partial charge on any atom is -0.325 e. The molecule has 1 aromatic carbocycles. The van der Waals surface area contributed by atoms with Gasteiger partial charge in [0.1, 0.15) is 5.82 Å². The van der Waals surface area contributed by atoms with Crippen molar-refractivity contribution in [2.75, 3.05) is 11.9 Å². The number of nitriles is 1. The van der Waals surface area contributed by atoms with Gasteiger partial charge in [-0.1, -0.05) is 18.1 Å². The lowest BCUT2D eigenvalue weighted by Gasteiger charge is -2.22. The van der Waals surface area contributed by atoms with Gasteiger partial charge in [0.15, 0.2) is 0 Å². The van der Waals surface area contributed by atoms with Crippen molar-refractivity contribution in [1.29, 1.82) is 5.26 Å². The number of rotatable bonds is 4. The van der Waals surface area contributed by atoms with Crippen LogP contribution in [-0.2, 0) is 4.79 Å². The maximum atomic E-state index is 12.7. The third-order valence-corrected chi connectivity index (χ3v) is 6.29. The van der Waals surface area contributed by atoms with Crippen LogP contribution in [0, 0.1) is 23.2 Å². The number of aromatic nitrogens is 3. The van der Waals surface area contributed by atoms with Crippen LogP contribution in [0.25, 0.3) is 16.8 Å². The number of anilines is 1. The van der Waals surface area contributed by atoms with E-state index >= 15 is 0 Å². The summed E-state index contributed by atoms with van der Waals surface area (Å²) in [5.41, 5.74) is 4.76. The van der Waals surface area contributed by atoms with Crippen molar-refractivity contribution in [3.05, 3.63) is 83.9 Å². The summed E-state index contributed by atoms with van der Waals surface area (Å²) in [6.07, 6.45) is 6.79. The Bertz CT molecular complexity index is 1570. The van der Waals surface area contributed by atoms with Crippen LogP contribution in [0.4, 0.5) is 5.82 Å². The van der Waals surface area contributed by atoms with E-state index in [-0.39, 0.29) is 17.9 Å². The smallest absolute Gasteiger partial charge is 0.298 e. The number of likely N-dealkylation sites (tertiary alicyclic amines) is 1. The molecule has 4 heterocycles. The average Bonchev–Trinajstić information content (AvgIpc) is 3.54. The Morgan fingerprint density at radius 1 is 1.11 bits per heavy atom. The summed E-state index contributed by atoms with van der Waals surface area (Å²) in [7, 11) is 0. The Hall–Kier alpha value is -4.95. The molecule has 1 aliphatic rings. The number of carbonyl (C=O) groups is 2. The molecule has 1 atom stereocenters. The predicted octanol–water partition coefficient (Wildman–Crippen LogP) is 4.21. The van der Waals surface area contributed by atoms with Gasteiger partial charge in [0, 0.05) is 30.1 Å². The molecule has 8 nitrogen and oxygen atoms in total. The molecule has 0 aliphatic carbocycles. The zero-order valence-corrected chi connectivity index (χ0v) is 19.6. The molecule has 0 radical (unpaired) electrons. The van der Waals surface area contributed by atoms with Crippen LogP contribution in [0.2, 0.25) is 0 Å². The second kappa shape index (κ2) is 9.73. The Kier molecular flexibility index (Phi) is 6.17. The zero-order valence-electron chi connectivity index (χ0n) is 19.6. The normalized spacial score (nSPS) is 14.7.